The third kappa shape index (κ3) is 2.81. The highest BCUT2D eigenvalue weighted by atomic mass is 79.9. The molecule has 0 radical (unpaired) electrons. The van der Waals surface area contributed by atoms with Crippen molar-refractivity contribution in [2.24, 2.45) is 0 Å². The molecule has 2 aromatic rings. The number of carbonyl (C=O) groups excluding carboxylic acids is 1. The molecule has 0 fully saturated rings. The Balaban J connectivity index is 2.35. The molecular weight excluding hydrogens is 318 g/mol. The maximum absolute atomic E-state index is 11.4. The first-order chi connectivity index (χ1) is 8.63. The van der Waals surface area contributed by atoms with Crippen LogP contribution >= 0.6 is 27.3 Å². The smallest absolute Gasteiger partial charge is 0.312 e. The zero-order valence-electron chi connectivity index (χ0n) is 10.0. The van der Waals surface area contributed by atoms with Gasteiger partial charge in [-0.05, 0) is 19.1 Å². The van der Waals surface area contributed by atoms with Gasteiger partial charge in [-0.25, -0.2) is 4.98 Å². The van der Waals surface area contributed by atoms with Crippen LogP contribution in [0.15, 0.2) is 16.6 Å². The van der Waals surface area contributed by atoms with Gasteiger partial charge >= 0.3 is 5.97 Å². The van der Waals surface area contributed by atoms with E-state index in [0.717, 1.165) is 19.7 Å². The van der Waals surface area contributed by atoms with E-state index in [-0.39, 0.29) is 12.4 Å². The summed E-state index contributed by atoms with van der Waals surface area (Å²) in [5.41, 5.74) is 0.782. The van der Waals surface area contributed by atoms with Gasteiger partial charge in [0.15, 0.2) is 0 Å². The van der Waals surface area contributed by atoms with Crippen LogP contribution in [0.25, 0.3) is 10.2 Å². The van der Waals surface area contributed by atoms with Crippen LogP contribution in [-0.2, 0) is 16.0 Å². The number of ether oxygens (including phenoxy) is 2. The molecule has 0 bridgehead atoms. The van der Waals surface area contributed by atoms with E-state index in [1.54, 1.807) is 14.0 Å². The lowest BCUT2D eigenvalue weighted by Gasteiger charge is -2.00. The first-order valence-electron chi connectivity index (χ1n) is 5.42. The molecule has 0 saturated carbocycles. The summed E-state index contributed by atoms with van der Waals surface area (Å²) in [5, 5.41) is 0.736. The van der Waals surface area contributed by atoms with Crippen LogP contribution in [0.5, 0.6) is 5.75 Å². The van der Waals surface area contributed by atoms with Crippen molar-refractivity contribution in [1.29, 1.82) is 0 Å². The predicted octanol–water partition coefficient (Wildman–Crippen LogP) is 3.17. The Morgan fingerprint density at radius 1 is 1.50 bits per heavy atom. The standard InChI is InChI=1S/C12H12BrNO3S/c1-3-17-11(15)6-10-14-12-8(16-2)4-7(13)5-9(12)18-10/h4-5H,3,6H2,1-2H3. The lowest BCUT2D eigenvalue weighted by molar-refractivity contribution is -0.142. The Labute approximate surface area is 117 Å². The van der Waals surface area contributed by atoms with Crippen molar-refractivity contribution in [1.82, 2.24) is 4.98 Å². The number of carbonyl (C=O) groups is 1. The molecular formula is C12H12BrNO3S. The largest absolute Gasteiger partial charge is 0.494 e. The van der Waals surface area contributed by atoms with E-state index in [1.165, 1.54) is 11.3 Å². The SMILES string of the molecule is CCOC(=O)Cc1nc2c(OC)cc(Br)cc2s1. The second-order valence-electron chi connectivity index (χ2n) is 3.54. The van der Waals surface area contributed by atoms with Crippen molar-refractivity contribution in [3.63, 3.8) is 0 Å². The molecule has 96 valence electrons. The fourth-order valence-electron chi connectivity index (χ4n) is 1.58. The van der Waals surface area contributed by atoms with Gasteiger partial charge in [0.05, 0.1) is 24.8 Å². The number of rotatable bonds is 4. The number of halogens is 1. The summed E-state index contributed by atoms with van der Waals surface area (Å²) in [4.78, 5) is 15.8. The van der Waals surface area contributed by atoms with Crippen molar-refractivity contribution in [2.45, 2.75) is 13.3 Å². The molecule has 18 heavy (non-hydrogen) atoms. The quantitative estimate of drug-likeness (QED) is 0.808. The highest BCUT2D eigenvalue weighted by Crippen LogP contribution is 2.33. The number of methoxy groups -OCH3 is 1. The molecule has 0 atom stereocenters. The van der Waals surface area contributed by atoms with Crippen LogP contribution in [0.2, 0.25) is 0 Å². The molecule has 0 aliphatic heterocycles. The van der Waals surface area contributed by atoms with Gasteiger partial charge in [-0.3, -0.25) is 4.79 Å². The molecule has 1 aromatic heterocycles. The number of hydrogen-bond acceptors (Lipinski definition) is 5. The normalized spacial score (nSPS) is 10.6. The van der Waals surface area contributed by atoms with Gasteiger partial charge in [0.2, 0.25) is 0 Å². The summed E-state index contributed by atoms with van der Waals surface area (Å²) in [7, 11) is 1.60. The van der Waals surface area contributed by atoms with Gasteiger partial charge in [0.1, 0.15) is 16.3 Å². The van der Waals surface area contributed by atoms with Gasteiger partial charge in [-0.1, -0.05) is 15.9 Å². The first-order valence-corrected chi connectivity index (χ1v) is 7.03. The molecule has 2 rings (SSSR count). The number of hydrogen-bond donors (Lipinski definition) is 0. The van der Waals surface area contributed by atoms with Crippen LogP contribution in [0.1, 0.15) is 11.9 Å². The Morgan fingerprint density at radius 2 is 2.28 bits per heavy atom. The Kier molecular flexibility index (Phi) is 4.19. The zero-order valence-corrected chi connectivity index (χ0v) is 12.4. The Morgan fingerprint density at radius 3 is 2.94 bits per heavy atom. The lowest BCUT2D eigenvalue weighted by atomic mass is 10.3. The minimum Gasteiger partial charge on any atom is -0.494 e. The second kappa shape index (κ2) is 5.67. The topological polar surface area (TPSA) is 48.4 Å². The molecule has 0 aliphatic rings. The number of benzene rings is 1. The predicted molar refractivity (Wildman–Crippen MR) is 74.2 cm³/mol. The monoisotopic (exact) mass is 329 g/mol. The fraction of sp³-hybridized carbons (Fsp3) is 0.333. The summed E-state index contributed by atoms with van der Waals surface area (Å²) >= 11 is 4.89. The van der Waals surface area contributed by atoms with Crippen LogP contribution in [0.4, 0.5) is 0 Å². The fourth-order valence-corrected chi connectivity index (χ4v) is 3.18. The third-order valence-corrected chi connectivity index (χ3v) is 3.75. The number of nitrogens with zero attached hydrogens (tertiary/aromatic N) is 1. The Bertz CT molecular complexity index is 582. The Hall–Kier alpha value is -1.14. The van der Waals surface area contributed by atoms with E-state index >= 15 is 0 Å². The van der Waals surface area contributed by atoms with Gasteiger partial charge in [-0.2, -0.15) is 0 Å². The lowest BCUT2D eigenvalue weighted by Crippen LogP contribution is -2.06. The minimum absolute atomic E-state index is 0.202. The van der Waals surface area contributed by atoms with Gasteiger partial charge in [0, 0.05) is 4.47 Å². The van der Waals surface area contributed by atoms with Gasteiger partial charge in [-0.15, -0.1) is 11.3 Å². The van der Waals surface area contributed by atoms with E-state index in [2.05, 4.69) is 20.9 Å². The van der Waals surface area contributed by atoms with Crippen LogP contribution in [0.3, 0.4) is 0 Å². The second-order valence-corrected chi connectivity index (χ2v) is 5.58. The highest BCUT2D eigenvalue weighted by molar-refractivity contribution is 9.10. The van der Waals surface area contributed by atoms with Crippen LogP contribution < -0.4 is 4.74 Å². The van der Waals surface area contributed by atoms with E-state index in [4.69, 9.17) is 9.47 Å². The number of thiazole rings is 1. The minimum atomic E-state index is -0.255. The third-order valence-electron chi connectivity index (χ3n) is 2.29. The van der Waals surface area contributed by atoms with Crippen LogP contribution in [-0.4, -0.2) is 24.7 Å². The first kappa shape index (κ1) is 13.3. The maximum Gasteiger partial charge on any atom is 0.312 e. The number of esters is 1. The van der Waals surface area contributed by atoms with Crippen molar-refractivity contribution in [2.75, 3.05) is 13.7 Å². The highest BCUT2D eigenvalue weighted by Gasteiger charge is 2.13. The average Bonchev–Trinajstić information content (AvgIpc) is 2.70. The average molecular weight is 330 g/mol. The maximum atomic E-state index is 11.4. The number of aromatic nitrogens is 1. The molecule has 1 aromatic carbocycles. The molecule has 4 nitrogen and oxygen atoms in total. The van der Waals surface area contributed by atoms with Crippen molar-refractivity contribution in [3.05, 3.63) is 21.6 Å². The summed E-state index contributed by atoms with van der Waals surface area (Å²) in [6.07, 6.45) is 0.202. The molecule has 0 spiro atoms. The molecule has 0 unspecified atom stereocenters. The van der Waals surface area contributed by atoms with Crippen molar-refractivity contribution in [3.8, 4) is 5.75 Å². The summed E-state index contributed by atoms with van der Waals surface area (Å²) in [6, 6.07) is 3.82. The molecule has 1 heterocycles. The van der Waals surface area contributed by atoms with Crippen molar-refractivity contribution >= 4 is 43.5 Å². The summed E-state index contributed by atoms with van der Waals surface area (Å²) < 4.78 is 12.1. The van der Waals surface area contributed by atoms with Gasteiger partial charge < -0.3 is 9.47 Å². The summed E-state index contributed by atoms with van der Waals surface area (Å²) in [5.74, 6) is 0.445. The van der Waals surface area contributed by atoms with E-state index in [0.29, 0.717) is 12.4 Å². The molecule has 0 amide bonds. The van der Waals surface area contributed by atoms with E-state index < -0.39 is 0 Å². The molecule has 6 heteroatoms. The number of fused-ring (bicyclic) bond motifs is 1. The molecule has 0 aliphatic carbocycles. The van der Waals surface area contributed by atoms with Crippen LogP contribution in [0, 0.1) is 0 Å². The van der Waals surface area contributed by atoms with Crippen molar-refractivity contribution < 1.29 is 14.3 Å². The van der Waals surface area contributed by atoms with E-state index in [9.17, 15) is 4.79 Å². The zero-order chi connectivity index (χ0) is 13.1. The summed E-state index contributed by atoms with van der Waals surface area (Å²) in [6.45, 7) is 2.18. The van der Waals surface area contributed by atoms with Gasteiger partial charge in [0.25, 0.3) is 0 Å². The molecule has 0 saturated heterocycles. The van der Waals surface area contributed by atoms with E-state index in [1.807, 2.05) is 12.1 Å². The molecule has 0 N–H and O–H groups in total.